The van der Waals surface area contributed by atoms with Gasteiger partial charge in [-0.15, -0.1) is 0 Å². The van der Waals surface area contributed by atoms with Gasteiger partial charge in [0.15, 0.2) is 0 Å². The van der Waals surface area contributed by atoms with Gasteiger partial charge >= 0.3 is 0 Å². The number of aliphatic hydroxyl groups excluding tert-OH is 1. The molecule has 1 N–H and O–H groups in total. The van der Waals surface area contributed by atoms with E-state index in [1.54, 1.807) is 12.1 Å². The van der Waals surface area contributed by atoms with E-state index in [0.717, 1.165) is 31.0 Å². The highest BCUT2D eigenvalue weighted by molar-refractivity contribution is 8.25. The molecule has 0 aliphatic carbocycles. The number of carbonyl (C=O) groups is 1. The van der Waals surface area contributed by atoms with E-state index in [1.165, 1.54) is 12.1 Å². The quantitative estimate of drug-likeness (QED) is 0.492. The maximum atomic E-state index is 12.4. The summed E-state index contributed by atoms with van der Waals surface area (Å²) in [5.41, 5.74) is 0.746. The van der Waals surface area contributed by atoms with Crippen molar-refractivity contribution in [1.29, 1.82) is 0 Å². The summed E-state index contributed by atoms with van der Waals surface area (Å²) in [5, 5.41) is 8.92. The minimum atomic E-state index is -1.30. The summed E-state index contributed by atoms with van der Waals surface area (Å²) in [7, 11) is -1.30. The SMILES string of the molecule is CC/C=C/CS(C)(OCC)OCC.O=CC(O)Cc1ccc(F)cc1. The third-order valence-corrected chi connectivity index (χ3v) is 5.32. The second-order valence-corrected chi connectivity index (χ2v) is 7.98. The Morgan fingerprint density at radius 2 is 1.68 bits per heavy atom. The molecule has 0 radical (unpaired) electrons. The molecular formula is C19H31FO4S. The van der Waals surface area contributed by atoms with Crippen LogP contribution in [0.15, 0.2) is 36.4 Å². The van der Waals surface area contributed by atoms with Crippen LogP contribution in [0.4, 0.5) is 4.39 Å². The molecule has 144 valence electrons. The van der Waals surface area contributed by atoms with Crippen molar-refractivity contribution < 1.29 is 22.7 Å². The van der Waals surface area contributed by atoms with Gasteiger partial charge in [-0.2, -0.15) is 10.6 Å². The largest absolute Gasteiger partial charge is 0.385 e. The third kappa shape index (κ3) is 11.9. The van der Waals surface area contributed by atoms with Gasteiger partial charge in [0.05, 0.1) is 19.0 Å². The predicted molar refractivity (Wildman–Crippen MR) is 103 cm³/mol. The monoisotopic (exact) mass is 374 g/mol. The molecule has 1 atom stereocenters. The lowest BCUT2D eigenvalue weighted by atomic mass is 10.1. The molecule has 0 heterocycles. The molecule has 0 bridgehead atoms. The highest BCUT2D eigenvalue weighted by atomic mass is 32.3. The lowest BCUT2D eigenvalue weighted by Gasteiger charge is -2.37. The average Bonchev–Trinajstić information content (AvgIpc) is 2.58. The van der Waals surface area contributed by atoms with E-state index in [-0.39, 0.29) is 12.2 Å². The Hall–Kier alpha value is -1.21. The van der Waals surface area contributed by atoms with Crippen LogP contribution in [0.2, 0.25) is 0 Å². The summed E-state index contributed by atoms with van der Waals surface area (Å²) in [6, 6.07) is 5.68. The van der Waals surface area contributed by atoms with Crippen molar-refractivity contribution in [2.45, 2.75) is 39.7 Å². The molecule has 0 aliphatic rings. The highest BCUT2D eigenvalue weighted by Crippen LogP contribution is 2.46. The van der Waals surface area contributed by atoms with E-state index in [2.05, 4.69) is 25.3 Å². The topological polar surface area (TPSA) is 55.8 Å². The molecule has 6 heteroatoms. The molecule has 0 aliphatic heterocycles. The standard InChI is InChI=1S/C10H22O2S.C9H9FO2/c1-5-8-9-10-13(4,11-6-2)12-7-3;10-8-3-1-7(2-4-8)5-9(12)6-11/h8-9H,5-7,10H2,1-4H3;1-4,6,9,12H,5H2/b9-8+;. The summed E-state index contributed by atoms with van der Waals surface area (Å²) in [5.74, 6) is 0.585. The zero-order valence-corrected chi connectivity index (χ0v) is 16.4. The molecule has 0 amide bonds. The van der Waals surface area contributed by atoms with Crippen molar-refractivity contribution in [2.75, 3.05) is 25.2 Å². The van der Waals surface area contributed by atoms with Gasteiger partial charge < -0.3 is 9.90 Å². The fourth-order valence-corrected chi connectivity index (χ4v) is 3.69. The van der Waals surface area contributed by atoms with E-state index in [1.807, 2.05) is 13.8 Å². The molecule has 0 fully saturated rings. The number of benzene rings is 1. The van der Waals surface area contributed by atoms with Gasteiger partial charge in [0.25, 0.3) is 0 Å². The van der Waals surface area contributed by atoms with Crippen LogP contribution >= 0.6 is 10.6 Å². The fraction of sp³-hybridized carbons (Fsp3) is 0.526. The van der Waals surface area contributed by atoms with Crippen LogP contribution < -0.4 is 0 Å². The first-order chi connectivity index (χ1) is 11.9. The van der Waals surface area contributed by atoms with Crippen molar-refractivity contribution in [1.82, 2.24) is 0 Å². The molecule has 1 unspecified atom stereocenters. The smallest absolute Gasteiger partial charge is 0.148 e. The van der Waals surface area contributed by atoms with Crippen LogP contribution in [0.25, 0.3) is 0 Å². The Bertz CT molecular complexity index is 485. The van der Waals surface area contributed by atoms with Crippen LogP contribution in [0.5, 0.6) is 0 Å². The summed E-state index contributed by atoms with van der Waals surface area (Å²) < 4.78 is 23.6. The molecule has 4 nitrogen and oxygen atoms in total. The Morgan fingerprint density at radius 3 is 2.12 bits per heavy atom. The summed E-state index contributed by atoms with van der Waals surface area (Å²) in [4.78, 5) is 10.1. The second kappa shape index (κ2) is 14.0. The Kier molecular flexibility index (Phi) is 13.3. The van der Waals surface area contributed by atoms with E-state index in [9.17, 15) is 9.18 Å². The number of aldehydes is 1. The number of allylic oxidation sites excluding steroid dienone is 1. The normalized spacial score (nSPS) is 13.2. The number of aliphatic hydroxyl groups is 1. The molecule has 0 saturated heterocycles. The first kappa shape index (κ1) is 23.8. The van der Waals surface area contributed by atoms with E-state index in [0.29, 0.717) is 6.29 Å². The molecular weight excluding hydrogens is 343 g/mol. The number of carbonyl (C=O) groups excluding carboxylic acids is 1. The van der Waals surface area contributed by atoms with Gasteiger partial charge in [0.2, 0.25) is 0 Å². The molecule has 1 aromatic rings. The van der Waals surface area contributed by atoms with Gasteiger partial charge in [-0.1, -0.05) is 31.2 Å². The number of hydrogen-bond acceptors (Lipinski definition) is 4. The maximum Gasteiger partial charge on any atom is 0.148 e. The molecule has 0 saturated carbocycles. The van der Waals surface area contributed by atoms with Gasteiger partial charge in [-0.05, 0) is 38.0 Å². The van der Waals surface area contributed by atoms with Crippen molar-refractivity contribution in [3.8, 4) is 0 Å². The van der Waals surface area contributed by atoms with Crippen LogP contribution in [0.1, 0.15) is 32.8 Å². The van der Waals surface area contributed by atoms with Crippen molar-refractivity contribution in [2.24, 2.45) is 0 Å². The van der Waals surface area contributed by atoms with Crippen molar-refractivity contribution in [3.63, 3.8) is 0 Å². The van der Waals surface area contributed by atoms with E-state index >= 15 is 0 Å². The van der Waals surface area contributed by atoms with Crippen LogP contribution in [-0.2, 0) is 19.6 Å². The third-order valence-electron chi connectivity index (χ3n) is 3.05. The summed E-state index contributed by atoms with van der Waals surface area (Å²) in [6.07, 6.45) is 7.17. The highest BCUT2D eigenvalue weighted by Gasteiger charge is 2.11. The molecule has 0 spiro atoms. The van der Waals surface area contributed by atoms with E-state index in [4.69, 9.17) is 13.5 Å². The van der Waals surface area contributed by atoms with Gasteiger partial charge in [0, 0.05) is 12.7 Å². The summed E-state index contributed by atoms with van der Waals surface area (Å²) >= 11 is 0. The maximum absolute atomic E-state index is 12.4. The molecule has 1 rings (SSSR count). The lowest BCUT2D eigenvalue weighted by molar-refractivity contribution is -0.114. The van der Waals surface area contributed by atoms with Crippen LogP contribution in [0, 0.1) is 5.82 Å². The minimum absolute atomic E-state index is 0.240. The van der Waals surface area contributed by atoms with Gasteiger partial charge in [0.1, 0.15) is 18.2 Å². The molecule has 1 aromatic carbocycles. The minimum Gasteiger partial charge on any atom is -0.385 e. The Morgan fingerprint density at radius 1 is 1.12 bits per heavy atom. The second-order valence-electron chi connectivity index (χ2n) is 5.32. The first-order valence-corrected chi connectivity index (χ1v) is 10.5. The fourth-order valence-electron chi connectivity index (χ4n) is 1.95. The first-order valence-electron chi connectivity index (χ1n) is 8.48. The average molecular weight is 375 g/mol. The van der Waals surface area contributed by atoms with Crippen molar-refractivity contribution in [3.05, 3.63) is 47.8 Å². The molecule has 0 aromatic heterocycles. The zero-order chi connectivity index (χ0) is 19.1. The zero-order valence-electron chi connectivity index (χ0n) is 15.6. The lowest BCUT2D eigenvalue weighted by Crippen LogP contribution is -2.11. The number of rotatable bonds is 10. The molecule has 25 heavy (non-hydrogen) atoms. The van der Waals surface area contributed by atoms with Crippen LogP contribution in [0.3, 0.4) is 0 Å². The number of halogens is 1. The Labute approximate surface area is 152 Å². The van der Waals surface area contributed by atoms with Crippen LogP contribution in [-0.4, -0.2) is 42.7 Å². The van der Waals surface area contributed by atoms with E-state index < -0.39 is 16.7 Å². The summed E-state index contributed by atoms with van der Waals surface area (Å²) in [6.45, 7) is 7.60. The number of hydrogen-bond donors (Lipinski definition) is 1. The Balaban J connectivity index is 0.000000462. The van der Waals surface area contributed by atoms with Gasteiger partial charge in [-0.25, -0.2) is 4.39 Å². The predicted octanol–water partition coefficient (Wildman–Crippen LogP) is 4.22. The van der Waals surface area contributed by atoms with Gasteiger partial charge in [-0.3, -0.25) is 8.37 Å². The van der Waals surface area contributed by atoms with Crippen molar-refractivity contribution >= 4 is 16.9 Å².